The lowest BCUT2D eigenvalue weighted by atomic mass is 9.92. The molecule has 16 heavy (non-hydrogen) atoms. The molecule has 0 saturated carbocycles. The van der Waals surface area contributed by atoms with Gasteiger partial charge in [-0.3, -0.25) is 0 Å². The Hall–Kier alpha value is -0.540. The van der Waals surface area contributed by atoms with Gasteiger partial charge in [-0.25, -0.2) is 4.39 Å². The lowest BCUT2D eigenvalue weighted by Crippen LogP contribution is -2.42. The van der Waals surface area contributed by atoms with Crippen LogP contribution in [-0.4, -0.2) is 18.8 Å². The second-order valence-electron chi connectivity index (χ2n) is 4.25. The van der Waals surface area contributed by atoms with Crippen LogP contribution < -0.4 is 5.32 Å². The summed E-state index contributed by atoms with van der Waals surface area (Å²) in [7, 11) is 0. The Bertz CT molecular complexity index is 342. The molecule has 1 aromatic rings. The molecule has 0 radical (unpaired) electrons. The van der Waals surface area contributed by atoms with Crippen molar-refractivity contribution in [3.05, 3.63) is 35.6 Å². The van der Waals surface area contributed by atoms with E-state index in [9.17, 15) is 4.39 Å². The first kappa shape index (κ1) is 11.9. The molecule has 1 aromatic carbocycles. The van der Waals surface area contributed by atoms with Crippen LogP contribution in [0.1, 0.15) is 25.3 Å². The second-order valence-corrected chi connectivity index (χ2v) is 5.73. The largest absolute Gasteiger partial charge is 0.314 e. The Morgan fingerprint density at radius 3 is 2.88 bits per heavy atom. The van der Waals surface area contributed by atoms with Crippen molar-refractivity contribution in [3.8, 4) is 0 Å². The van der Waals surface area contributed by atoms with Crippen molar-refractivity contribution in [3.63, 3.8) is 0 Å². The average molecular weight is 239 g/mol. The Morgan fingerprint density at radius 1 is 1.44 bits per heavy atom. The van der Waals surface area contributed by atoms with Gasteiger partial charge in [0.1, 0.15) is 5.82 Å². The molecule has 0 aliphatic carbocycles. The molecule has 2 rings (SSSR count). The molecule has 1 nitrogen and oxygen atoms in total. The van der Waals surface area contributed by atoms with Gasteiger partial charge in [-0.05, 0) is 12.5 Å². The van der Waals surface area contributed by atoms with Crippen LogP contribution in [0.4, 0.5) is 4.39 Å². The van der Waals surface area contributed by atoms with Crippen LogP contribution in [-0.2, 0) is 4.75 Å². The molecule has 3 heteroatoms. The van der Waals surface area contributed by atoms with Crippen molar-refractivity contribution in [2.45, 2.75) is 24.5 Å². The van der Waals surface area contributed by atoms with Gasteiger partial charge in [-0.1, -0.05) is 31.5 Å². The van der Waals surface area contributed by atoms with Crippen LogP contribution in [0, 0.1) is 5.82 Å². The maximum Gasteiger partial charge on any atom is 0.127 e. The van der Waals surface area contributed by atoms with Gasteiger partial charge in [0.25, 0.3) is 0 Å². The molecule has 1 aliphatic rings. The zero-order valence-electron chi connectivity index (χ0n) is 9.63. The molecular formula is C13H18FNS. The highest BCUT2D eigenvalue weighted by molar-refractivity contribution is 8.00. The lowest BCUT2D eigenvalue weighted by Gasteiger charge is -2.37. The normalized spacial score (nSPS) is 25.6. The molecule has 1 aliphatic heterocycles. The SMILES string of the molecule is CCCC1(c2ccccc2F)CNCCS1. The Kier molecular flexibility index (Phi) is 3.87. The van der Waals surface area contributed by atoms with E-state index >= 15 is 0 Å². The first-order valence-corrected chi connectivity index (χ1v) is 6.87. The summed E-state index contributed by atoms with van der Waals surface area (Å²) in [6.07, 6.45) is 2.12. The smallest absolute Gasteiger partial charge is 0.127 e. The van der Waals surface area contributed by atoms with Gasteiger partial charge in [0.05, 0.1) is 4.75 Å². The fourth-order valence-corrected chi connectivity index (χ4v) is 3.87. The van der Waals surface area contributed by atoms with Crippen molar-refractivity contribution < 1.29 is 4.39 Å². The minimum absolute atomic E-state index is 0.0572. The molecule has 0 aromatic heterocycles. The second kappa shape index (κ2) is 5.19. The van der Waals surface area contributed by atoms with E-state index in [1.165, 1.54) is 0 Å². The molecule has 0 bridgehead atoms. The molecular weight excluding hydrogens is 221 g/mol. The minimum atomic E-state index is -0.0628. The van der Waals surface area contributed by atoms with Crippen molar-refractivity contribution in [2.75, 3.05) is 18.8 Å². The fourth-order valence-electron chi connectivity index (χ4n) is 2.36. The van der Waals surface area contributed by atoms with E-state index in [1.54, 1.807) is 12.1 Å². The third kappa shape index (κ3) is 2.25. The number of nitrogens with one attached hydrogen (secondary N) is 1. The van der Waals surface area contributed by atoms with Gasteiger partial charge in [0.2, 0.25) is 0 Å². The van der Waals surface area contributed by atoms with Crippen LogP contribution in [0.2, 0.25) is 0 Å². The molecule has 1 fully saturated rings. The summed E-state index contributed by atoms with van der Waals surface area (Å²) < 4.78 is 13.8. The van der Waals surface area contributed by atoms with E-state index < -0.39 is 0 Å². The topological polar surface area (TPSA) is 12.0 Å². The number of rotatable bonds is 3. The van der Waals surface area contributed by atoms with Gasteiger partial charge in [0, 0.05) is 24.4 Å². The highest BCUT2D eigenvalue weighted by Gasteiger charge is 2.35. The molecule has 88 valence electrons. The number of halogens is 1. The molecule has 1 saturated heterocycles. The first-order chi connectivity index (χ1) is 7.78. The van der Waals surface area contributed by atoms with Crippen molar-refractivity contribution in [1.29, 1.82) is 0 Å². The monoisotopic (exact) mass is 239 g/mol. The van der Waals surface area contributed by atoms with Crippen LogP contribution in [0.25, 0.3) is 0 Å². The van der Waals surface area contributed by atoms with E-state index in [-0.39, 0.29) is 10.6 Å². The van der Waals surface area contributed by atoms with E-state index in [1.807, 2.05) is 23.9 Å². The van der Waals surface area contributed by atoms with E-state index in [4.69, 9.17) is 0 Å². The number of benzene rings is 1. The summed E-state index contributed by atoms with van der Waals surface area (Å²) in [5.41, 5.74) is 0.869. The molecule has 1 heterocycles. The van der Waals surface area contributed by atoms with Crippen LogP contribution in [0.15, 0.2) is 24.3 Å². The predicted octanol–water partition coefficient (Wildman–Crippen LogP) is 3.16. The molecule has 1 N–H and O–H groups in total. The minimum Gasteiger partial charge on any atom is -0.314 e. The summed E-state index contributed by atoms with van der Waals surface area (Å²) in [5.74, 6) is 1.00. The lowest BCUT2D eigenvalue weighted by molar-refractivity contribution is 0.471. The number of hydrogen-bond donors (Lipinski definition) is 1. The highest BCUT2D eigenvalue weighted by Crippen LogP contribution is 2.42. The summed E-state index contributed by atoms with van der Waals surface area (Å²) in [6.45, 7) is 4.08. The number of hydrogen-bond acceptors (Lipinski definition) is 2. The predicted molar refractivity (Wildman–Crippen MR) is 68.3 cm³/mol. The van der Waals surface area contributed by atoms with Crippen molar-refractivity contribution in [2.24, 2.45) is 0 Å². The zero-order chi connectivity index (χ0) is 11.4. The van der Waals surface area contributed by atoms with Gasteiger partial charge in [0.15, 0.2) is 0 Å². The van der Waals surface area contributed by atoms with Gasteiger partial charge < -0.3 is 5.32 Å². The zero-order valence-corrected chi connectivity index (χ0v) is 10.4. The summed E-state index contributed by atoms with van der Waals surface area (Å²) in [5, 5.41) is 3.40. The Balaban J connectivity index is 2.34. The van der Waals surface area contributed by atoms with E-state index in [2.05, 4.69) is 12.2 Å². The first-order valence-electron chi connectivity index (χ1n) is 5.88. The Morgan fingerprint density at radius 2 is 2.25 bits per heavy atom. The summed E-state index contributed by atoms with van der Waals surface area (Å²) in [6, 6.07) is 7.21. The molecule has 0 amide bonds. The quantitative estimate of drug-likeness (QED) is 0.869. The Labute approximate surface area is 101 Å². The number of thioether (sulfide) groups is 1. The van der Waals surface area contributed by atoms with Gasteiger partial charge in [-0.15, -0.1) is 11.8 Å². The summed E-state index contributed by atoms with van der Waals surface area (Å²) in [4.78, 5) is 0. The van der Waals surface area contributed by atoms with E-state index in [0.29, 0.717) is 0 Å². The third-order valence-electron chi connectivity index (χ3n) is 3.09. The molecule has 1 atom stereocenters. The van der Waals surface area contributed by atoms with Crippen LogP contribution in [0.5, 0.6) is 0 Å². The fraction of sp³-hybridized carbons (Fsp3) is 0.538. The van der Waals surface area contributed by atoms with Crippen LogP contribution in [0.3, 0.4) is 0 Å². The van der Waals surface area contributed by atoms with Crippen molar-refractivity contribution >= 4 is 11.8 Å². The average Bonchev–Trinajstić information content (AvgIpc) is 2.31. The third-order valence-corrected chi connectivity index (χ3v) is 4.62. The molecule has 0 spiro atoms. The van der Waals surface area contributed by atoms with Crippen molar-refractivity contribution in [1.82, 2.24) is 5.32 Å². The van der Waals surface area contributed by atoms with E-state index in [0.717, 1.165) is 37.2 Å². The van der Waals surface area contributed by atoms with Gasteiger partial charge >= 0.3 is 0 Å². The highest BCUT2D eigenvalue weighted by atomic mass is 32.2. The standard InChI is InChI=1S/C13H18FNS/c1-2-7-13(10-15-8-9-16-13)11-5-3-4-6-12(11)14/h3-6,15H,2,7-10H2,1H3. The maximum atomic E-state index is 13.9. The summed E-state index contributed by atoms with van der Waals surface area (Å²) >= 11 is 1.90. The molecule has 1 unspecified atom stereocenters. The van der Waals surface area contributed by atoms with Gasteiger partial charge in [-0.2, -0.15) is 0 Å². The van der Waals surface area contributed by atoms with Crippen LogP contribution >= 0.6 is 11.8 Å². The maximum absolute atomic E-state index is 13.9.